The Balaban J connectivity index is 1.72. The quantitative estimate of drug-likeness (QED) is 0.624. The van der Waals surface area contributed by atoms with E-state index < -0.39 is 23.1 Å². The fraction of sp³-hybridized carbons (Fsp3) is 0.136. The number of pyridine rings is 1. The minimum Gasteiger partial charge on any atom is -0.348 e. The standard InChI is InChI=1S/C22H17F3N2O2/c23-22(24,25)19-9-5-4-8-18(19)20(28)13-17-12-16(10-11-26-17)21(29)27-14-15-6-2-1-3-7-15/h1-12H,13-14H2,(H,27,29). The predicted molar refractivity (Wildman–Crippen MR) is 101 cm³/mol. The van der Waals surface area contributed by atoms with Crippen molar-refractivity contribution in [1.29, 1.82) is 0 Å². The highest BCUT2D eigenvalue weighted by Gasteiger charge is 2.34. The summed E-state index contributed by atoms with van der Waals surface area (Å²) in [5, 5.41) is 2.76. The third kappa shape index (κ3) is 5.28. The Labute approximate surface area is 165 Å². The zero-order valence-electron chi connectivity index (χ0n) is 15.2. The first kappa shape index (κ1) is 20.3. The van der Waals surface area contributed by atoms with Gasteiger partial charge in [0, 0.05) is 29.6 Å². The Kier molecular flexibility index (Phi) is 6.07. The largest absolute Gasteiger partial charge is 0.417 e. The molecule has 0 saturated heterocycles. The molecule has 0 saturated carbocycles. The summed E-state index contributed by atoms with van der Waals surface area (Å²) >= 11 is 0. The number of aromatic nitrogens is 1. The summed E-state index contributed by atoms with van der Waals surface area (Å²) in [5.41, 5.74) is 0.0266. The fourth-order valence-electron chi connectivity index (χ4n) is 2.83. The lowest BCUT2D eigenvalue weighted by Crippen LogP contribution is -2.23. The molecule has 0 aliphatic heterocycles. The molecule has 3 rings (SSSR count). The molecule has 0 atom stereocenters. The maximum absolute atomic E-state index is 13.1. The number of rotatable bonds is 6. The number of hydrogen-bond acceptors (Lipinski definition) is 3. The maximum Gasteiger partial charge on any atom is 0.417 e. The molecule has 1 aromatic heterocycles. The first-order valence-corrected chi connectivity index (χ1v) is 8.81. The molecule has 0 aliphatic carbocycles. The molecule has 2 aromatic carbocycles. The minimum absolute atomic E-state index is 0.222. The highest BCUT2D eigenvalue weighted by molar-refractivity contribution is 5.99. The zero-order valence-corrected chi connectivity index (χ0v) is 15.2. The van der Waals surface area contributed by atoms with Crippen molar-refractivity contribution in [2.75, 3.05) is 0 Å². The number of amides is 1. The Bertz CT molecular complexity index is 1020. The van der Waals surface area contributed by atoms with E-state index in [0.717, 1.165) is 17.7 Å². The zero-order chi connectivity index (χ0) is 20.9. The summed E-state index contributed by atoms with van der Waals surface area (Å²) in [4.78, 5) is 28.8. The van der Waals surface area contributed by atoms with Crippen LogP contribution in [-0.2, 0) is 19.1 Å². The van der Waals surface area contributed by atoms with Crippen LogP contribution in [0.3, 0.4) is 0 Å². The summed E-state index contributed by atoms with van der Waals surface area (Å²) in [6, 6.07) is 16.8. The van der Waals surface area contributed by atoms with E-state index in [0.29, 0.717) is 6.54 Å². The van der Waals surface area contributed by atoms with Gasteiger partial charge < -0.3 is 5.32 Å². The van der Waals surface area contributed by atoms with Crippen LogP contribution < -0.4 is 5.32 Å². The number of halogens is 3. The molecule has 0 bridgehead atoms. The molecular formula is C22H17F3N2O2. The van der Waals surface area contributed by atoms with Gasteiger partial charge in [0.1, 0.15) is 0 Å². The van der Waals surface area contributed by atoms with Crippen molar-refractivity contribution in [3.63, 3.8) is 0 Å². The smallest absolute Gasteiger partial charge is 0.348 e. The molecule has 3 aromatic rings. The van der Waals surface area contributed by atoms with Crippen molar-refractivity contribution in [1.82, 2.24) is 10.3 Å². The molecule has 29 heavy (non-hydrogen) atoms. The van der Waals surface area contributed by atoms with Crippen LogP contribution in [0.4, 0.5) is 13.2 Å². The van der Waals surface area contributed by atoms with Crippen molar-refractivity contribution in [3.8, 4) is 0 Å². The van der Waals surface area contributed by atoms with E-state index in [1.807, 2.05) is 30.3 Å². The van der Waals surface area contributed by atoms with Gasteiger partial charge in [-0.05, 0) is 23.8 Å². The molecule has 7 heteroatoms. The number of benzene rings is 2. The lowest BCUT2D eigenvalue weighted by atomic mass is 9.99. The van der Waals surface area contributed by atoms with Crippen LogP contribution >= 0.6 is 0 Å². The molecule has 1 heterocycles. The van der Waals surface area contributed by atoms with Crippen molar-refractivity contribution in [3.05, 3.63) is 101 Å². The van der Waals surface area contributed by atoms with Gasteiger partial charge >= 0.3 is 6.18 Å². The second kappa shape index (κ2) is 8.68. The van der Waals surface area contributed by atoms with Crippen LogP contribution in [0.1, 0.15) is 37.5 Å². The monoisotopic (exact) mass is 398 g/mol. The first-order valence-electron chi connectivity index (χ1n) is 8.81. The summed E-state index contributed by atoms with van der Waals surface area (Å²) in [5.74, 6) is -1.08. The summed E-state index contributed by atoms with van der Waals surface area (Å²) in [6.45, 7) is 0.329. The summed E-state index contributed by atoms with van der Waals surface area (Å²) in [6.07, 6.45) is -3.61. The maximum atomic E-state index is 13.1. The molecule has 0 aliphatic rings. The highest BCUT2D eigenvalue weighted by Crippen LogP contribution is 2.32. The SMILES string of the molecule is O=C(NCc1ccccc1)c1ccnc(CC(=O)c2ccccc2C(F)(F)F)c1. The predicted octanol–water partition coefficient (Wildman–Crippen LogP) is 4.46. The van der Waals surface area contributed by atoms with Gasteiger partial charge in [0.05, 0.1) is 12.0 Å². The molecule has 0 unspecified atom stereocenters. The van der Waals surface area contributed by atoms with Crippen LogP contribution in [0.15, 0.2) is 72.9 Å². The van der Waals surface area contributed by atoms with E-state index in [2.05, 4.69) is 10.3 Å². The van der Waals surface area contributed by atoms with Crippen LogP contribution in [0.2, 0.25) is 0 Å². The summed E-state index contributed by atoms with van der Waals surface area (Å²) in [7, 11) is 0. The highest BCUT2D eigenvalue weighted by atomic mass is 19.4. The first-order chi connectivity index (χ1) is 13.8. The average Bonchev–Trinajstić information content (AvgIpc) is 2.72. The van der Waals surface area contributed by atoms with Crippen molar-refractivity contribution in [2.45, 2.75) is 19.1 Å². The number of nitrogens with one attached hydrogen (secondary N) is 1. The van der Waals surface area contributed by atoms with Crippen LogP contribution in [0, 0.1) is 0 Å². The fourth-order valence-corrected chi connectivity index (χ4v) is 2.83. The third-order valence-corrected chi connectivity index (χ3v) is 4.25. The van der Waals surface area contributed by atoms with E-state index in [-0.39, 0.29) is 23.6 Å². The number of nitrogens with zero attached hydrogens (tertiary/aromatic N) is 1. The van der Waals surface area contributed by atoms with E-state index in [9.17, 15) is 22.8 Å². The lowest BCUT2D eigenvalue weighted by molar-refractivity contribution is -0.137. The molecular weight excluding hydrogens is 381 g/mol. The molecule has 0 radical (unpaired) electrons. The van der Waals surface area contributed by atoms with Crippen LogP contribution in [0.5, 0.6) is 0 Å². The number of carbonyl (C=O) groups excluding carboxylic acids is 2. The molecule has 4 nitrogen and oxygen atoms in total. The van der Waals surface area contributed by atoms with Gasteiger partial charge in [-0.2, -0.15) is 13.2 Å². The van der Waals surface area contributed by atoms with Gasteiger partial charge in [0.2, 0.25) is 0 Å². The Morgan fingerprint density at radius 2 is 1.62 bits per heavy atom. The van der Waals surface area contributed by atoms with Gasteiger partial charge in [-0.25, -0.2) is 0 Å². The lowest BCUT2D eigenvalue weighted by Gasteiger charge is -2.12. The van der Waals surface area contributed by atoms with Gasteiger partial charge in [0.15, 0.2) is 5.78 Å². The number of carbonyl (C=O) groups is 2. The second-order valence-electron chi connectivity index (χ2n) is 6.35. The number of alkyl halides is 3. The van der Waals surface area contributed by atoms with Crippen LogP contribution in [0.25, 0.3) is 0 Å². The Morgan fingerprint density at radius 3 is 2.34 bits per heavy atom. The molecule has 0 spiro atoms. The van der Waals surface area contributed by atoms with Crippen molar-refractivity contribution < 1.29 is 22.8 Å². The molecule has 1 amide bonds. The second-order valence-corrected chi connectivity index (χ2v) is 6.35. The number of ketones is 1. The van der Waals surface area contributed by atoms with E-state index in [4.69, 9.17) is 0 Å². The topological polar surface area (TPSA) is 59.1 Å². The van der Waals surface area contributed by atoms with Gasteiger partial charge in [-0.3, -0.25) is 14.6 Å². The Hall–Kier alpha value is -3.48. The molecule has 1 N–H and O–H groups in total. The number of hydrogen-bond donors (Lipinski definition) is 1. The summed E-state index contributed by atoms with van der Waals surface area (Å²) < 4.78 is 39.4. The molecule has 0 fully saturated rings. The van der Waals surface area contributed by atoms with Gasteiger partial charge in [0.25, 0.3) is 5.91 Å². The average molecular weight is 398 g/mol. The van der Waals surface area contributed by atoms with Crippen molar-refractivity contribution in [2.24, 2.45) is 0 Å². The van der Waals surface area contributed by atoms with E-state index in [1.54, 1.807) is 0 Å². The van der Waals surface area contributed by atoms with Crippen LogP contribution in [-0.4, -0.2) is 16.7 Å². The van der Waals surface area contributed by atoms with Crippen molar-refractivity contribution >= 4 is 11.7 Å². The number of Topliss-reactive ketones (excluding diaryl/α,β-unsaturated/α-hetero) is 1. The minimum atomic E-state index is -4.63. The van der Waals surface area contributed by atoms with E-state index in [1.165, 1.54) is 30.5 Å². The van der Waals surface area contributed by atoms with Gasteiger partial charge in [-0.1, -0.05) is 48.5 Å². The van der Waals surface area contributed by atoms with Gasteiger partial charge in [-0.15, -0.1) is 0 Å². The Morgan fingerprint density at radius 1 is 0.931 bits per heavy atom. The molecule has 148 valence electrons. The normalized spacial score (nSPS) is 11.1. The third-order valence-electron chi connectivity index (χ3n) is 4.25. The van der Waals surface area contributed by atoms with E-state index >= 15 is 0 Å².